The molecule has 3 N–H and O–H groups in total. The van der Waals surface area contributed by atoms with Crippen LogP contribution in [-0.2, 0) is 16.1 Å². The second-order valence-electron chi connectivity index (χ2n) is 7.93. The molecular formula is C25H23ClN4O5S. The first-order chi connectivity index (χ1) is 17.3. The van der Waals surface area contributed by atoms with E-state index in [4.69, 9.17) is 22.1 Å². The van der Waals surface area contributed by atoms with Crippen LogP contribution in [0.5, 0.6) is 0 Å². The third-order valence-electron chi connectivity index (χ3n) is 5.46. The summed E-state index contributed by atoms with van der Waals surface area (Å²) in [5.41, 5.74) is 5.35. The van der Waals surface area contributed by atoms with Crippen molar-refractivity contribution < 1.29 is 14.3 Å². The number of nitrogens with zero attached hydrogens (tertiary/aromatic N) is 2. The molecule has 0 aliphatic heterocycles. The first kappa shape index (κ1) is 25.2. The number of nitrogens with one attached hydrogen (secondary N) is 1. The zero-order valence-corrected chi connectivity index (χ0v) is 20.9. The van der Waals surface area contributed by atoms with Crippen molar-refractivity contribution in [3.05, 3.63) is 90.9 Å². The van der Waals surface area contributed by atoms with Crippen LogP contribution in [0.25, 0.3) is 10.1 Å². The maximum Gasteiger partial charge on any atom is 0.350 e. The number of rotatable bonds is 8. The highest BCUT2D eigenvalue weighted by molar-refractivity contribution is 7.21. The molecule has 0 saturated carbocycles. The van der Waals surface area contributed by atoms with Gasteiger partial charge in [-0.1, -0.05) is 67.1 Å². The van der Waals surface area contributed by atoms with E-state index in [-0.39, 0.29) is 34.5 Å². The number of ether oxygens (including phenoxy) is 1. The Bertz CT molecular complexity index is 1540. The van der Waals surface area contributed by atoms with E-state index in [2.05, 4.69) is 4.98 Å². The molecule has 2 aromatic carbocycles. The molecule has 1 amide bonds. The molecule has 0 atom stereocenters. The molecular weight excluding hydrogens is 504 g/mol. The molecule has 2 heterocycles. The van der Waals surface area contributed by atoms with Crippen LogP contribution in [0.3, 0.4) is 0 Å². The minimum Gasteiger partial charge on any atom is -0.451 e. The fourth-order valence-corrected chi connectivity index (χ4v) is 5.16. The molecule has 0 bridgehead atoms. The average Bonchev–Trinajstić information content (AvgIpc) is 3.21. The molecule has 9 nitrogen and oxygen atoms in total. The minimum atomic E-state index is -0.803. The molecule has 0 radical (unpaired) electrons. The van der Waals surface area contributed by atoms with Gasteiger partial charge in [-0.2, -0.15) is 0 Å². The van der Waals surface area contributed by atoms with Gasteiger partial charge in [0.25, 0.3) is 11.5 Å². The lowest BCUT2D eigenvalue weighted by atomic mass is 10.2. The summed E-state index contributed by atoms with van der Waals surface area (Å²) in [4.78, 5) is 54.6. The molecule has 0 aliphatic rings. The summed E-state index contributed by atoms with van der Waals surface area (Å²) in [7, 11) is 0. The number of benzene rings is 2. The van der Waals surface area contributed by atoms with Crippen LogP contribution < -0.4 is 21.9 Å². The predicted molar refractivity (Wildman–Crippen MR) is 141 cm³/mol. The van der Waals surface area contributed by atoms with Crippen molar-refractivity contribution in [2.75, 3.05) is 23.8 Å². The number of carbonyl (C=O) groups excluding carboxylic acids is 2. The summed E-state index contributed by atoms with van der Waals surface area (Å²) in [5.74, 6) is -1.57. The van der Waals surface area contributed by atoms with Gasteiger partial charge in [0.2, 0.25) is 0 Å². The van der Waals surface area contributed by atoms with Crippen molar-refractivity contribution in [2.45, 2.75) is 19.9 Å². The standard InChI is InChI=1S/C25H23ClN4O5S/c1-2-12-29(18(31)14-35-24(33)21-19(26)16-10-6-7-11-17(16)36-21)20-22(27)30(25(34)28-23(20)32)13-15-8-4-3-5-9-15/h3-11H,2,12-14,27H2,1H3,(H,28,32,34). The maximum absolute atomic E-state index is 13.1. The second-order valence-corrected chi connectivity index (χ2v) is 9.36. The summed E-state index contributed by atoms with van der Waals surface area (Å²) in [6, 6.07) is 16.3. The molecule has 4 aromatic rings. The maximum atomic E-state index is 13.1. The number of fused-ring (bicyclic) bond motifs is 1. The topological polar surface area (TPSA) is 127 Å². The molecule has 0 spiro atoms. The van der Waals surface area contributed by atoms with Crippen molar-refractivity contribution >= 4 is 56.4 Å². The zero-order valence-electron chi connectivity index (χ0n) is 19.3. The third-order valence-corrected chi connectivity index (χ3v) is 7.12. The summed E-state index contributed by atoms with van der Waals surface area (Å²) in [6.45, 7) is 1.40. The Morgan fingerprint density at radius 1 is 1.11 bits per heavy atom. The van der Waals surface area contributed by atoms with E-state index < -0.39 is 29.7 Å². The second kappa shape index (κ2) is 10.8. The van der Waals surface area contributed by atoms with Gasteiger partial charge in [-0.25, -0.2) is 9.59 Å². The van der Waals surface area contributed by atoms with Crippen LogP contribution in [0.1, 0.15) is 28.6 Å². The van der Waals surface area contributed by atoms with Crippen molar-refractivity contribution in [1.29, 1.82) is 0 Å². The number of nitrogens with two attached hydrogens (primary N) is 1. The lowest BCUT2D eigenvalue weighted by Crippen LogP contribution is -2.43. The lowest BCUT2D eigenvalue weighted by Gasteiger charge is -2.24. The SMILES string of the molecule is CCCN(C(=O)COC(=O)c1sc2ccccc2c1Cl)c1c(N)n(Cc2ccccc2)c(=O)[nH]c1=O. The molecule has 2 aromatic heterocycles. The summed E-state index contributed by atoms with van der Waals surface area (Å²) < 4.78 is 7.25. The van der Waals surface area contributed by atoms with Crippen LogP contribution in [0, 0.1) is 0 Å². The van der Waals surface area contributed by atoms with Crippen molar-refractivity contribution in [1.82, 2.24) is 9.55 Å². The highest BCUT2D eigenvalue weighted by atomic mass is 35.5. The van der Waals surface area contributed by atoms with Crippen LogP contribution in [0.4, 0.5) is 11.5 Å². The molecule has 36 heavy (non-hydrogen) atoms. The zero-order chi connectivity index (χ0) is 25.8. The largest absolute Gasteiger partial charge is 0.451 e. The Hall–Kier alpha value is -3.89. The molecule has 0 aliphatic carbocycles. The van der Waals surface area contributed by atoms with Crippen molar-refractivity contribution in [2.24, 2.45) is 0 Å². The third kappa shape index (κ3) is 5.05. The quantitative estimate of drug-likeness (QED) is 0.337. The van der Waals surface area contributed by atoms with Gasteiger partial charge in [-0.3, -0.25) is 19.1 Å². The number of carbonyl (C=O) groups is 2. The Labute approximate surface area is 214 Å². The molecule has 0 saturated heterocycles. The molecule has 0 fully saturated rings. The fourth-order valence-electron chi connectivity index (χ4n) is 3.76. The number of aromatic amines is 1. The van der Waals surface area contributed by atoms with E-state index >= 15 is 0 Å². The number of thiophene rings is 1. The van der Waals surface area contributed by atoms with E-state index in [1.54, 1.807) is 12.1 Å². The number of nitrogen functional groups attached to an aromatic ring is 1. The Balaban J connectivity index is 1.59. The highest BCUT2D eigenvalue weighted by Crippen LogP contribution is 2.35. The van der Waals surface area contributed by atoms with Gasteiger partial charge in [0.15, 0.2) is 12.3 Å². The normalized spacial score (nSPS) is 10.9. The van der Waals surface area contributed by atoms with Crippen LogP contribution in [0.2, 0.25) is 5.02 Å². The van der Waals surface area contributed by atoms with Gasteiger partial charge in [-0.15, -0.1) is 11.3 Å². The fraction of sp³-hybridized carbons (Fsp3) is 0.200. The Morgan fingerprint density at radius 3 is 2.50 bits per heavy atom. The number of anilines is 2. The number of aromatic nitrogens is 2. The van der Waals surface area contributed by atoms with Gasteiger partial charge in [0.05, 0.1) is 11.6 Å². The van der Waals surface area contributed by atoms with Crippen molar-refractivity contribution in [3.8, 4) is 0 Å². The number of halogens is 1. The minimum absolute atomic E-state index is 0.100. The number of H-pyrrole nitrogens is 1. The van der Waals surface area contributed by atoms with E-state index in [9.17, 15) is 19.2 Å². The van der Waals surface area contributed by atoms with Gasteiger partial charge in [0.1, 0.15) is 10.7 Å². The summed E-state index contributed by atoms with van der Waals surface area (Å²) in [5, 5.41) is 0.974. The van der Waals surface area contributed by atoms with Gasteiger partial charge < -0.3 is 15.4 Å². The first-order valence-corrected chi connectivity index (χ1v) is 12.3. The Morgan fingerprint density at radius 2 is 1.81 bits per heavy atom. The molecule has 186 valence electrons. The number of esters is 1. The molecule has 11 heteroatoms. The van der Waals surface area contributed by atoms with E-state index in [0.29, 0.717) is 6.42 Å². The monoisotopic (exact) mass is 526 g/mol. The number of amides is 1. The highest BCUT2D eigenvalue weighted by Gasteiger charge is 2.26. The number of hydrogen-bond acceptors (Lipinski definition) is 7. The lowest BCUT2D eigenvalue weighted by molar-refractivity contribution is -0.121. The van der Waals surface area contributed by atoms with E-state index in [1.165, 1.54) is 4.57 Å². The van der Waals surface area contributed by atoms with Gasteiger partial charge in [-0.05, 0) is 18.1 Å². The molecule has 0 unspecified atom stereocenters. The smallest absolute Gasteiger partial charge is 0.350 e. The molecule has 4 rings (SSSR count). The van der Waals surface area contributed by atoms with Crippen LogP contribution in [0.15, 0.2) is 64.2 Å². The number of hydrogen-bond donors (Lipinski definition) is 2. The van der Waals surface area contributed by atoms with Gasteiger partial charge >= 0.3 is 11.7 Å². The first-order valence-electron chi connectivity index (χ1n) is 11.1. The Kier molecular flexibility index (Phi) is 7.56. The van der Waals surface area contributed by atoms with Gasteiger partial charge in [0, 0.05) is 16.6 Å². The van der Waals surface area contributed by atoms with E-state index in [1.807, 2.05) is 49.4 Å². The average molecular weight is 527 g/mol. The van der Waals surface area contributed by atoms with Crippen LogP contribution in [-0.4, -0.2) is 34.6 Å². The summed E-state index contributed by atoms with van der Waals surface area (Å²) in [6.07, 6.45) is 0.485. The van der Waals surface area contributed by atoms with E-state index in [0.717, 1.165) is 31.9 Å². The van der Waals surface area contributed by atoms with Crippen molar-refractivity contribution in [3.63, 3.8) is 0 Å². The predicted octanol–water partition coefficient (Wildman–Crippen LogP) is 3.64. The van der Waals surface area contributed by atoms with Crippen LogP contribution >= 0.6 is 22.9 Å². The summed E-state index contributed by atoms with van der Waals surface area (Å²) >= 11 is 7.50.